The number of carbonyl (C=O) groups excluding carboxylic acids is 2. The molecule has 2 amide bonds. The fourth-order valence-corrected chi connectivity index (χ4v) is 1.35. The van der Waals surface area contributed by atoms with Crippen molar-refractivity contribution in [1.82, 2.24) is 9.80 Å². The second kappa shape index (κ2) is 3.52. The molecule has 0 aromatic rings. The number of piperazine rings is 1. The third-order valence-corrected chi connectivity index (χ3v) is 2.59. The predicted molar refractivity (Wildman–Crippen MR) is 51.1 cm³/mol. The standard InChI is InChI=1S/C9H14N2O4/c1-9(2,8(14)15)11-5-6(12)10(3)4-7(11)13/h4-5H2,1-3H3,(H,14,15). The van der Waals surface area contributed by atoms with Gasteiger partial charge in [-0.05, 0) is 13.8 Å². The highest BCUT2D eigenvalue weighted by Crippen LogP contribution is 2.18. The molecule has 0 saturated carbocycles. The number of hydrogen-bond acceptors (Lipinski definition) is 3. The zero-order chi connectivity index (χ0) is 11.8. The van der Waals surface area contributed by atoms with Crippen molar-refractivity contribution in [3.63, 3.8) is 0 Å². The number of likely N-dealkylation sites (N-methyl/N-ethyl adjacent to an activating group) is 1. The highest BCUT2D eigenvalue weighted by Gasteiger charge is 2.42. The zero-order valence-electron chi connectivity index (χ0n) is 8.98. The van der Waals surface area contributed by atoms with Crippen LogP contribution in [0, 0.1) is 0 Å². The number of rotatable bonds is 2. The van der Waals surface area contributed by atoms with Crippen LogP contribution in [0.5, 0.6) is 0 Å². The normalized spacial score (nSPS) is 18.3. The fraction of sp³-hybridized carbons (Fsp3) is 0.667. The molecule has 1 aliphatic heterocycles. The first-order chi connectivity index (χ1) is 6.76. The van der Waals surface area contributed by atoms with Crippen LogP contribution in [0.15, 0.2) is 0 Å². The molecule has 1 rings (SSSR count). The van der Waals surface area contributed by atoms with Crippen LogP contribution in [0.2, 0.25) is 0 Å². The Balaban J connectivity index is 2.92. The van der Waals surface area contributed by atoms with Crippen LogP contribution in [0.3, 0.4) is 0 Å². The summed E-state index contributed by atoms with van der Waals surface area (Å²) in [5.41, 5.74) is -1.34. The zero-order valence-corrected chi connectivity index (χ0v) is 8.98. The fourth-order valence-electron chi connectivity index (χ4n) is 1.35. The van der Waals surface area contributed by atoms with Crippen molar-refractivity contribution in [2.75, 3.05) is 20.1 Å². The lowest BCUT2D eigenvalue weighted by Crippen LogP contribution is -2.62. The smallest absolute Gasteiger partial charge is 0.329 e. The van der Waals surface area contributed by atoms with Crippen LogP contribution in [0.4, 0.5) is 0 Å². The van der Waals surface area contributed by atoms with Crippen LogP contribution in [0.25, 0.3) is 0 Å². The topological polar surface area (TPSA) is 77.9 Å². The van der Waals surface area contributed by atoms with E-state index in [2.05, 4.69) is 0 Å². The predicted octanol–water partition coefficient (Wildman–Crippen LogP) is -0.850. The van der Waals surface area contributed by atoms with E-state index in [4.69, 9.17) is 5.11 Å². The van der Waals surface area contributed by atoms with Gasteiger partial charge in [0.05, 0.1) is 6.54 Å². The molecule has 1 saturated heterocycles. The SMILES string of the molecule is CN1CC(=O)N(C(C)(C)C(=O)O)CC1=O. The first kappa shape index (κ1) is 11.5. The van der Waals surface area contributed by atoms with Gasteiger partial charge in [-0.1, -0.05) is 0 Å². The van der Waals surface area contributed by atoms with E-state index >= 15 is 0 Å². The Hall–Kier alpha value is -1.59. The largest absolute Gasteiger partial charge is 0.480 e. The highest BCUT2D eigenvalue weighted by molar-refractivity contribution is 5.96. The Morgan fingerprint density at radius 3 is 2.27 bits per heavy atom. The molecule has 0 aliphatic carbocycles. The third-order valence-electron chi connectivity index (χ3n) is 2.59. The molecular weight excluding hydrogens is 200 g/mol. The molecule has 1 aliphatic rings. The van der Waals surface area contributed by atoms with Crippen LogP contribution in [-0.2, 0) is 14.4 Å². The summed E-state index contributed by atoms with van der Waals surface area (Å²) in [4.78, 5) is 36.2. The molecule has 0 aromatic carbocycles. The lowest BCUT2D eigenvalue weighted by Gasteiger charge is -2.39. The van der Waals surface area contributed by atoms with Gasteiger partial charge in [0.25, 0.3) is 0 Å². The average molecular weight is 214 g/mol. The second-order valence-electron chi connectivity index (χ2n) is 4.09. The van der Waals surface area contributed by atoms with Gasteiger partial charge in [0.1, 0.15) is 12.1 Å². The van der Waals surface area contributed by atoms with Crippen LogP contribution >= 0.6 is 0 Å². The van der Waals surface area contributed by atoms with E-state index in [-0.39, 0.29) is 24.9 Å². The molecule has 1 heterocycles. The Labute approximate surface area is 87.5 Å². The summed E-state index contributed by atoms with van der Waals surface area (Å²) < 4.78 is 0. The number of aliphatic carboxylic acids is 1. The molecule has 0 bridgehead atoms. The van der Waals surface area contributed by atoms with E-state index in [1.54, 1.807) is 0 Å². The van der Waals surface area contributed by atoms with Gasteiger partial charge in [0.15, 0.2) is 0 Å². The molecule has 0 spiro atoms. The number of carboxylic acids is 1. The second-order valence-corrected chi connectivity index (χ2v) is 4.09. The van der Waals surface area contributed by atoms with Gasteiger partial charge in [0, 0.05) is 7.05 Å². The molecule has 84 valence electrons. The van der Waals surface area contributed by atoms with E-state index in [0.29, 0.717) is 0 Å². The summed E-state index contributed by atoms with van der Waals surface area (Å²) in [6.45, 7) is 2.59. The number of nitrogens with zero attached hydrogens (tertiary/aromatic N) is 2. The van der Waals surface area contributed by atoms with E-state index < -0.39 is 11.5 Å². The molecule has 0 unspecified atom stereocenters. The molecular formula is C9H14N2O4. The third kappa shape index (κ3) is 1.93. The monoisotopic (exact) mass is 214 g/mol. The van der Waals surface area contributed by atoms with E-state index in [1.165, 1.54) is 25.8 Å². The van der Waals surface area contributed by atoms with Gasteiger partial charge in [-0.25, -0.2) is 4.79 Å². The lowest BCUT2D eigenvalue weighted by atomic mass is 10.0. The first-order valence-corrected chi connectivity index (χ1v) is 4.54. The van der Waals surface area contributed by atoms with Crippen molar-refractivity contribution in [3.8, 4) is 0 Å². The van der Waals surface area contributed by atoms with Crippen molar-refractivity contribution >= 4 is 17.8 Å². The van der Waals surface area contributed by atoms with Gasteiger partial charge >= 0.3 is 5.97 Å². The van der Waals surface area contributed by atoms with Crippen molar-refractivity contribution in [3.05, 3.63) is 0 Å². The Morgan fingerprint density at radius 2 is 1.80 bits per heavy atom. The quantitative estimate of drug-likeness (QED) is 0.649. The minimum Gasteiger partial charge on any atom is -0.480 e. The molecule has 6 nitrogen and oxygen atoms in total. The van der Waals surface area contributed by atoms with Crippen molar-refractivity contribution in [1.29, 1.82) is 0 Å². The minimum absolute atomic E-state index is 0.0600. The molecule has 0 radical (unpaired) electrons. The molecule has 0 aromatic heterocycles. The maximum Gasteiger partial charge on any atom is 0.329 e. The Bertz CT molecular complexity index is 324. The number of carbonyl (C=O) groups is 3. The summed E-state index contributed by atoms with van der Waals surface area (Å²) in [6, 6.07) is 0. The highest BCUT2D eigenvalue weighted by atomic mass is 16.4. The van der Waals surface area contributed by atoms with Crippen molar-refractivity contribution in [2.24, 2.45) is 0 Å². The summed E-state index contributed by atoms with van der Waals surface area (Å²) in [5, 5.41) is 8.94. The van der Waals surface area contributed by atoms with E-state index in [0.717, 1.165) is 4.90 Å². The molecule has 6 heteroatoms. The van der Waals surface area contributed by atoms with E-state index in [9.17, 15) is 14.4 Å². The maximum absolute atomic E-state index is 11.6. The summed E-state index contributed by atoms with van der Waals surface area (Å²) in [5.74, 6) is -1.71. The summed E-state index contributed by atoms with van der Waals surface area (Å²) in [6.07, 6.45) is 0. The average Bonchev–Trinajstić information content (AvgIpc) is 2.10. The molecule has 1 N–H and O–H groups in total. The Kier molecular flexibility index (Phi) is 2.70. The summed E-state index contributed by atoms with van der Waals surface area (Å²) in [7, 11) is 1.52. The van der Waals surface area contributed by atoms with Crippen LogP contribution < -0.4 is 0 Å². The first-order valence-electron chi connectivity index (χ1n) is 4.54. The van der Waals surface area contributed by atoms with Crippen molar-refractivity contribution < 1.29 is 19.5 Å². The van der Waals surface area contributed by atoms with Crippen LogP contribution in [-0.4, -0.2) is 58.4 Å². The number of amides is 2. The van der Waals surface area contributed by atoms with Crippen LogP contribution in [0.1, 0.15) is 13.8 Å². The molecule has 0 atom stereocenters. The summed E-state index contributed by atoms with van der Waals surface area (Å²) >= 11 is 0. The molecule has 15 heavy (non-hydrogen) atoms. The van der Waals surface area contributed by atoms with Gasteiger partial charge in [-0.15, -0.1) is 0 Å². The van der Waals surface area contributed by atoms with Crippen molar-refractivity contribution in [2.45, 2.75) is 19.4 Å². The van der Waals surface area contributed by atoms with Gasteiger partial charge in [-0.3, -0.25) is 9.59 Å². The maximum atomic E-state index is 11.6. The Morgan fingerprint density at radius 1 is 1.27 bits per heavy atom. The van der Waals surface area contributed by atoms with E-state index in [1.807, 2.05) is 0 Å². The number of carboxylic acid groups (broad SMARTS) is 1. The number of hydrogen-bond donors (Lipinski definition) is 1. The molecule has 1 fully saturated rings. The van der Waals surface area contributed by atoms with Gasteiger partial charge < -0.3 is 14.9 Å². The minimum atomic E-state index is -1.34. The van der Waals surface area contributed by atoms with Gasteiger partial charge in [-0.2, -0.15) is 0 Å². The lowest BCUT2D eigenvalue weighted by molar-refractivity contribution is -0.164. The van der Waals surface area contributed by atoms with Gasteiger partial charge in [0.2, 0.25) is 11.8 Å².